The fraction of sp³-hybridized carbons (Fsp3) is 0.227. The molecule has 2 amide bonds. The van der Waals surface area contributed by atoms with Crippen molar-refractivity contribution in [1.82, 2.24) is 9.88 Å². The molecule has 0 aliphatic carbocycles. The van der Waals surface area contributed by atoms with E-state index in [2.05, 4.69) is 10.3 Å². The van der Waals surface area contributed by atoms with Gasteiger partial charge in [0.25, 0.3) is 11.8 Å². The van der Waals surface area contributed by atoms with Crippen LogP contribution in [0.5, 0.6) is 5.75 Å². The number of pyridine rings is 1. The quantitative estimate of drug-likeness (QED) is 0.705. The van der Waals surface area contributed by atoms with E-state index in [0.717, 1.165) is 11.1 Å². The molecule has 144 valence electrons. The second-order valence-electron chi connectivity index (χ2n) is 6.26. The Kier molecular flexibility index (Phi) is 5.89. The van der Waals surface area contributed by atoms with Crippen LogP contribution in [0.1, 0.15) is 34.7 Å². The Hall–Kier alpha value is -3.41. The molecule has 2 aromatic carbocycles. The predicted octanol–water partition coefficient (Wildman–Crippen LogP) is 3.98. The SMILES string of the molecule is CCN(CC)C(=O)c1ccc(NC(=O)c2ccc3cc(OC)ccc3n2)cc1. The summed E-state index contributed by atoms with van der Waals surface area (Å²) >= 11 is 0. The van der Waals surface area contributed by atoms with E-state index in [1.807, 2.05) is 38.1 Å². The highest BCUT2D eigenvalue weighted by atomic mass is 16.5. The van der Waals surface area contributed by atoms with Gasteiger partial charge in [-0.3, -0.25) is 9.59 Å². The smallest absolute Gasteiger partial charge is 0.274 e. The average Bonchev–Trinajstić information content (AvgIpc) is 2.74. The minimum Gasteiger partial charge on any atom is -0.497 e. The number of nitrogens with zero attached hydrogens (tertiary/aromatic N) is 2. The molecule has 0 fully saturated rings. The lowest BCUT2D eigenvalue weighted by Gasteiger charge is -2.18. The molecular weight excluding hydrogens is 354 g/mol. The number of carbonyl (C=O) groups excluding carboxylic acids is 2. The van der Waals surface area contributed by atoms with Crippen LogP contribution in [0.4, 0.5) is 5.69 Å². The average molecular weight is 377 g/mol. The topological polar surface area (TPSA) is 71.5 Å². The molecule has 0 saturated heterocycles. The molecule has 1 heterocycles. The molecule has 0 unspecified atom stereocenters. The maximum absolute atomic E-state index is 12.5. The van der Waals surface area contributed by atoms with Crippen LogP contribution >= 0.6 is 0 Å². The summed E-state index contributed by atoms with van der Waals surface area (Å²) in [5.41, 5.74) is 2.24. The molecule has 1 aromatic heterocycles. The number of fused-ring (bicyclic) bond motifs is 1. The van der Waals surface area contributed by atoms with Gasteiger partial charge >= 0.3 is 0 Å². The third kappa shape index (κ3) is 4.11. The highest BCUT2D eigenvalue weighted by Crippen LogP contribution is 2.20. The molecule has 28 heavy (non-hydrogen) atoms. The van der Waals surface area contributed by atoms with Gasteiger partial charge in [-0.2, -0.15) is 0 Å². The van der Waals surface area contributed by atoms with E-state index in [0.29, 0.717) is 35.6 Å². The fourth-order valence-electron chi connectivity index (χ4n) is 2.94. The minimum atomic E-state index is -0.305. The zero-order chi connectivity index (χ0) is 20.1. The highest BCUT2D eigenvalue weighted by Gasteiger charge is 2.13. The molecule has 1 N–H and O–H groups in total. The van der Waals surface area contributed by atoms with Crippen molar-refractivity contribution in [1.29, 1.82) is 0 Å². The number of rotatable bonds is 6. The van der Waals surface area contributed by atoms with Crippen molar-refractivity contribution < 1.29 is 14.3 Å². The van der Waals surface area contributed by atoms with Crippen molar-refractivity contribution in [2.45, 2.75) is 13.8 Å². The van der Waals surface area contributed by atoms with Gasteiger partial charge in [0.15, 0.2) is 0 Å². The number of amides is 2. The summed E-state index contributed by atoms with van der Waals surface area (Å²) in [6, 6.07) is 15.9. The van der Waals surface area contributed by atoms with Gasteiger partial charge in [0.2, 0.25) is 0 Å². The predicted molar refractivity (Wildman–Crippen MR) is 110 cm³/mol. The summed E-state index contributed by atoms with van der Waals surface area (Å²) in [6.07, 6.45) is 0. The molecule has 6 nitrogen and oxygen atoms in total. The first-order valence-corrected chi connectivity index (χ1v) is 9.21. The summed E-state index contributed by atoms with van der Waals surface area (Å²) in [5, 5.41) is 3.72. The Bertz CT molecular complexity index is 996. The van der Waals surface area contributed by atoms with E-state index < -0.39 is 0 Å². The lowest BCUT2D eigenvalue weighted by molar-refractivity contribution is 0.0773. The summed E-state index contributed by atoms with van der Waals surface area (Å²) in [6.45, 7) is 5.21. The van der Waals surface area contributed by atoms with Crippen molar-refractivity contribution in [2.75, 3.05) is 25.5 Å². The van der Waals surface area contributed by atoms with Crippen LogP contribution in [0.25, 0.3) is 10.9 Å². The van der Waals surface area contributed by atoms with Gasteiger partial charge in [0.1, 0.15) is 11.4 Å². The van der Waals surface area contributed by atoms with E-state index >= 15 is 0 Å². The zero-order valence-electron chi connectivity index (χ0n) is 16.2. The lowest BCUT2D eigenvalue weighted by Crippen LogP contribution is -2.30. The standard InChI is InChI=1S/C22H23N3O3/c1-4-25(5-2)22(27)15-6-9-17(10-7-15)23-21(26)20-12-8-16-14-18(28-3)11-13-19(16)24-20/h6-14H,4-5H2,1-3H3,(H,23,26). The Balaban J connectivity index is 1.74. The van der Waals surface area contributed by atoms with Crippen LogP contribution in [-0.4, -0.2) is 41.9 Å². The second kappa shape index (κ2) is 8.52. The molecule has 3 rings (SSSR count). The monoisotopic (exact) mass is 377 g/mol. The second-order valence-corrected chi connectivity index (χ2v) is 6.26. The van der Waals surface area contributed by atoms with Crippen LogP contribution in [-0.2, 0) is 0 Å². The molecule has 3 aromatic rings. The number of nitrogens with one attached hydrogen (secondary N) is 1. The summed E-state index contributed by atoms with van der Waals surface area (Å²) < 4.78 is 5.20. The molecule has 0 bridgehead atoms. The number of anilines is 1. The largest absolute Gasteiger partial charge is 0.497 e. The molecule has 0 atom stereocenters. The van der Waals surface area contributed by atoms with Crippen molar-refractivity contribution in [3.63, 3.8) is 0 Å². The molecule has 6 heteroatoms. The van der Waals surface area contributed by atoms with Crippen LogP contribution in [0.3, 0.4) is 0 Å². The normalized spacial score (nSPS) is 10.5. The van der Waals surface area contributed by atoms with Crippen LogP contribution in [0.2, 0.25) is 0 Å². The molecule has 0 aliphatic rings. The Labute approximate surface area is 164 Å². The third-order valence-electron chi connectivity index (χ3n) is 4.57. The van der Waals surface area contributed by atoms with Gasteiger partial charge in [0, 0.05) is 29.7 Å². The number of carbonyl (C=O) groups is 2. The number of benzene rings is 2. The van der Waals surface area contributed by atoms with Gasteiger partial charge < -0.3 is 15.0 Å². The summed E-state index contributed by atoms with van der Waals surface area (Å²) in [4.78, 5) is 31.0. The Morgan fingerprint density at radius 3 is 2.36 bits per heavy atom. The number of hydrogen-bond acceptors (Lipinski definition) is 4. The zero-order valence-corrected chi connectivity index (χ0v) is 16.2. The molecule has 0 spiro atoms. The van der Waals surface area contributed by atoms with Crippen molar-refractivity contribution in [3.05, 3.63) is 65.9 Å². The van der Waals surface area contributed by atoms with Crippen molar-refractivity contribution >= 4 is 28.4 Å². The first kappa shape index (κ1) is 19.4. The number of methoxy groups -OCH3 is 1. The highest BCUT2D eigenvalue weighted by molar-refractivity contribution is 6.04. The van der Waals surface area contributed by atoms with E-state index in [1.165, 1.54) is 0 Å². The number of hydrogen-bond donors (Lipinski definition) is 1. The van der Waals surface area contributed by atoms with Crippen molar-refractivity contribution in [2.24, 2.45) is 0 Å². The Morgan fingerprint density at radius 1 is 1.00 bits per heavy atom. The van der Waals surface area contributed by atoms with Crippen LogP contribution in [0.15, 0.2) is 54.6 Å². The van der Waals surface area contributed by atoms with E-state index in [4.69, 9.17) is 4.74 Å². The van der Waals surface area contributed by atoms with Crippen LogP contribution in [0, 0.1) is 0 Å². The molecule has 0 aliphatic heterocycles. The van der Waals surface area contributed by atoms with Crippen LogP contribution < -0.4 is 10.1 Å². The van der Waals surface area contributed by atoms with Gasteiger partial charge in [-0.1, -0.05) is 6.07 Å². The van der Waals surface area contributed by atoms with Gasteiger partial charge in [-0.15, -0.1) is 0 Å². The number of aromatic nitrogens is 1. The maximum Gasteiger partial charge on any atom is 0.274 e. The summed E-state index contributed by atoms with van der Waals surface area (Å²) in [5.74, 6) is 0.417. The van der Waals surface area contributed by atoms with E-state index in [9.17, 15) is 9.59 Å². The summed E-state index contributed by atoms with van der Waals surface area (Å²) in [7, 11) is 1.61. The molecular formula is C22H23N3O3. The first-order valence-electron chi connectivity index (χ1n) is 9.21. The van der Waals surface area contributed by atoms with E-state index in [-0.39, 0.29) is 11.8 Å². The first-order chi connectivity index (χ1) is 13.5. The Morgan fingerprint density at radius 2 is 1.71 bits per heavy atom. The fourth-order valence-corrected chi connectivity index (χ4v) is 2.94. The maximum atomic E-state index is 12.5. The molecule has 0 saturated carbocycles. The van der Waals surface area contributed by atoms with Crippen molar-refractivity contribution in [3.8, 4) is 5.75 Å². The van der Waals surface area contributed by atoms with E-state index in [1.54, 1.807) is 42.3 Å². The number of ether oxygens (including phenoxy) is 1. The van der Waals surface area contributed by atoms with Gasteiger partial charge in [0.05, 0.1) is 12.6 Å². The third-order valence-corrected chi connectivity index (χ3v) is 4.57. The lowest BCUT2D eigenvalue weighted by atomic mass is 10.1. The minimum absolute atomic E-state index is 0.0190. The van der Waals surface area contributed by atoms with Gasteiger partial charge in [-0.25, -0.2) is 4.98 Å². The molecule has 0 radical (unpaired) electrons. The van der Waals surface area contributed by atoms with Gasteiger partial charge in [-0.05, 0) is 62.4 Å².